The number of ether oxygens (including phenoxy) is 3. The lowest BCUT2D eigenvalue weighted by Gasteiger charge is -2.43. The van der Waals surface area contributed by atoms with E-state index in [0.717, 1.165) is 61.4 Å². The standard InChI is InChI=1S/C35H45ClN10O3/c1-23(14-38-22-37)49-33-13-25(4-10-31(33)36)26-15-39-35(40-16-26)42-32-18-46(43-34(32)48-21-29-11-12-41-44(29)2)28-8-6-27(7-9-28)45-17-24-3-5-30(45)20-47-19-24/h4,10-13,15-16,18,22-24,27-28,30H,3,5-9,14,17,19-21H2,1-2H3,(H2,37,38)(H,39,40,42)/t23-,24?,27?,28?,30+/m0/s1. The van der Waals surface area contributed by atoms with Crippen molar-refractivity contribution < 1.29 is 14.2 Å². The number of hydrogen-bond donors (Lipinski definition) is 2. The van der Waals surface area contributed by atoms with E-state index in [1.165, 1.54) is 25.7 Å². The zero-order valence-electron chi connectivity index (χ0n) is 28.1. The maximum Gasteiger partial charge on any atom is 0.257 e. The quantitative estimate of drug-likeness (QED) is 0.147. The van der Waals surface area contributed by atoms with Crippen LogP contribution in [0.4, 0.5) is 11.6 Å². The van der Waals surface area contributed by atoms with E-state index in [4.69, 9.17) is 36.6 Å². The van der Waals surface area contributed by atoms with Gasteiger partial charge in [0, 0.05) is 49.8 Å². The van der Waals surface area contributed by atoms with E-state index in [2.05, 4.69) is 35.0 Å². The topological polar surface area (TPSA) is 143 Å². The SMILES string of the molecule is C[C@@H](CN=CN)Oc1cc(-c2cnc(Nc3cn(C4CCC(N5CC6CC[C@@H]5COC6)CC4)nc3OCc3ccnn3C)nc2)ccc1Cl. The molecule has 1 saturated carbocycles. The number of fused-ring (bicyclic) bond motifs is 4. The fourth-order valence-corrected chi connectivity index (χ4v) is 7.42. The third kappa shape index (κ3) is 7.84. The predicted octanol–water partition coefficient (Wildman–Crippen LogP) is 5.40. The van der Waals surface area contributed by atoms with Crippen molar-refractivity contribution in [3.8, 4) is 22.8 Å². The third-order valence-electron chi connectivity index (χ3n) is 9.96. The predicted molar refractivity (Wildman–Crippen MR) is 188 cm³/mol. The van der Waals surface area contributed by atoms with Crippen molar-refractivity contribution >= 4 is 29.6 Å². The second-order valence-electron chi connectivity index (χ2n) is 13.4. The summed E-state index contributed by atoms with van der Waals surface area (Å²) in [5, 5.41) is 13.1. The number of halogens is 1. The molecule has 4 aromatic rings. The molecule has 8 rings (SSSR count). The zero-order chi connectivity index (χ0) is 33.7. The molecule has 13 nitrogen and oxygen atoms in total. The highest BCUT2D eigenvalue weighted by Gasteiger charge is 2.37. The number of nitrogens with two attached hydrogens (primary N) is 1. The fraction of sp³-hybridized carbons (Fsp3) is 0.514. The Bertz CT molecular complexity index is 1710. The molecule has 1 aliphatic carbocycles. The van der Waals surface area contributed by atoms with Crippen molar-refractivity contribution in [2.24, 2.45) is 23.7 Å². The van der Waals surface area contributed by atoms with Gasteiger partial charge in [0.2, 0.25) is 5.95 Å². The molecule has 1 aromatic carbocycles. The minimum Gasteiger partial charge on any atom is -0.487 e. The molecule has 2 bridgehead atoms. The second-order valence-corrected chi connectivity index (χ2v) is 13.8. The molecule has 260 valence electrons. The highest BCUT2D eigenvalue weighted by atomic mass is 35.5. The summed E-state index contributed by atoms with van der Waals surface area (Å²) < 4.78 is 22.1. The van der Waals surface area contributed by atoms with Crippen LogP contribution in [0.5, 0.6) is 11.6 Å². The van der Waals surface area contributed by atoms with E-state index in [0.29, 0.717) is 59.8 Å². The lowest BCUT2D eigenvalue weighted by Crippen LogP contribution is -2.50. The number of aliphatic imine (C=N–C) groups is 1. The van der Waals surface area contributed by atoms with Gasteiger partial charge in [-0.25, -0.2) is 9.97 Å². The van der Waals surface area contributed by atoms with Crippen LogP contribution in [-0.4, -0.2) is 85.3 Å². The molecule has 0 radical (unpaired) electrons. The highest BCUT2D eigenvalue weighted by molar-refractivity contribution is 6.32. The van der Waals surface area contributed by atoms with E-state index in [1.54, 1.807) is 29.3 Å². The maximum absolute atomic E-state index is 6.42. The number of anilines is 2. The van der Waals surface area contributed by atoms with E-state index in [9.17, 15) is 0 Å². The molecule has 0 spiro atoms. The average molecular weight is 689 g/mol. The van der Waals surface area contributed by atoms with Crippen LogP contribution in [0.3, 0.4) is 0 Å². The fourth-order valence-electron chi connectivity index (χ4n) is 7.26. The molecule has 3 N–H and O–H groups in total. The average Bonchev–Trinajstić information content (AvgIpc) is 3.57. The number of benzene rings is 1. The molecule has 4 fully saturated rings. The summed E-state index contributed by atoms with van der Waals surface area (Å²) in [6, 6.07) is 9.01. The Morgan fingerprint density at radius 3 is 2.63 bits per heavy atom. The first-order chi connectivity index (χ1) is 23.9. The smallest absolute Gasteiger partial charge is 0.257 e. The third-order valence-corrected chi connectivity index (χ3v) is 10.3. The molecule has 3 aromatic heterocycles. The van der Waals surface area contributed by atoms with Gasteiger partial charge in [-0.2, -0.15) is 5.10 Å². The minimum absolute atomic E-state index is 0.190. The summed E-state index contributed by atoms with van der Waals surface area (Å²) in [6.45, 7) is 5.66. The Kier molecular flexibility index (Phi) is 10.3. The van der Waals surface area contributed by atoms with Gasteiger partial charge in [-0.05, 0) is 75.1 Å². The maximum atomic E-state index is 6.42. The summed E-state index contributed by atoms with van der Waals surface area (Å²) in [4.78, 5) is 16.1. The van der Waals surface area contributed by atoms with Crippen molar-refractivity contribution in [3.05, 3.63) is 59.8 Å². The van der Waals surface area contributed by atoms with Crippen LogP contribution in [0, 0.1) is 5.92 Å². The first-order valence-corrected chi connectivity index (χ1v) is 17.6. The van der Waals surface area contributed by atoms with E-state index in [-0.39, 0.29) is 6.10 Å². The summed E-state index contributed by atoms with van der Waals surface area (Å²) in [5.74, 6) is 2.19. The van der Waals surface area contributed by atoms with Gasteiger partial charge < -0.3 is 25.3 Å². The van der Waals surface area contributed by atoms with Crippen molar-refractivity contribution in [1.29, 1.82) is 0 Å². The first-order valence-electron chi connectivity index (χ1n) is 17.2. The molecule has 0 amide bonds. The van der Waals surface area contributed by atoms with Crippen molar-refractivity contribution in [3.63, 3.8) is 0 Å². The molecule has 3 aliphatic heterocycles. The molecule has 4 aliphatic rings. The number of aromatic nitrogens is 6. The van der Waals surface area contributed by atoms with Crippen LogP contribution in [0.25, 0.3) is 11.1 Å². The number of nitrogens with one attached hydrogen (secondary N) is 1. The van der Waals surface area contributed by atoms with Crippen LogP contribution in [0.15, 0.2) is 54.0 Å². The molecular formula is C35H45ClN10O3. The molecular weight excluding hydrogens is 644 g/mol. The molecule has 49 heavy (non-hydrogen) atoms. The number of nitrogens with zero attached hydrogens (tertiary/aromatic N) is 8. The molecule has 1 unspecified atom stereocenters. The van der Waals surface area contributed by atoms with E-state index < -0.39 is 0 Å². The number of aryl methyl sites for hydroxylation is 1. The van der Waals surface area contributed by atoms with Crippen molar-refractivity contribution in [2.75, 3.05) is 31.6 Å². The van der Waals surface area contributed by atoms with Gasteiger partial charge in [0.25, 0.3) is 5.88 Å². The molecule has 14 heteroatoms. The van der Waals surface area contributed by atoms with Crippen LogP contribution < -0.4 is 20.5 Å². The highest BCUT2D eigenvalue weighted by Crippen LogP contribution is 2.38. The van der Waals surface area contributed by atoms with Crippen LogP contribution >= 0.6 is 11.6 Å². The van der Waals surface area contributed by atoms with Gasteiger partial charge >= 0.3 is 0 Å². The van der Waals surface area contributed by atoms with Gasteiger partial charge in [0.1, 0.15) is 24.1 Å². The van der Waals surface area contributed by atoms with Gasteiger partial charge in [0.15, 0.2) is 0 Å². The summed E-state index contributed by atoms with van der Waals surface area (Å²) in [6.07, 6.45) is 15.4. The Morgan fingerprint density at radius 2 is 1.86 bits per heavy atom. The van der Waals surface area contributed by atoms with Gasteiger partial charge in [-0.1, -0.05) is 17.7 Å². The normalized spacial score (nSPS) is 23.4. The first kappa shape index (κ1) is 33.3. The van der Waals surface area contributed by atoms with Crippen molar-refractivity contribution in [2.45, 2.75) is 76.3 Å². The second kappa shape index (κ2) is 15.1. The lowest BCUT2D eigenvalue weighted by molar-refractivity contribution is 0.0459. The van der Waals surface area contributed by atoms with E-state index >= 15 is 0 Å². The monoisotopic (exact) mass is 688 g/mol. The van der Waals surface area contributed by atoms with Crippen LogP contribution in [0.1, 0.15) is 57.2 Å². The molecule has 6 heterocycles. The Labute approximate surface area is 291 Å². The van der Waals surface area contributed by atoms with E-state index in [1.807, 2.05) is 38.4 Å². The van der Waals surface area contributed by atoms with Crippen LogP contribution in [-0.2, 0) is 18.4 Å². The summed E-state index contributed by atoms with van der Waals surface area (Å²) >= 11 is 6.42. The Morgan fingerprint density at radius 1 is 1.06 bits per heavy atom. The zero-order valence-corrected chi connectivity index (χ0v) is 28.9. The Hall–Kier alpha value is -4.20. The van der Waals surface area contributed by atoms with Crippen LogP contribution in [0.2, 0.25) is 5.02 Å². The number of rotatable bonds is 12. The Balaban J connectivity index is 1.05. The number of hydrogen-bond acceptors (Lipinski definition) is 10. The van der Waals surface area contributed by atoms with Crippen molar-refractivity contribution in [1.82, 2.24) is 34.4 Å². The molecule has 3 atom stereocenters. The largest absolute Gasteiger partial charge is 0.487 e. The summed E-state index contributed by atoms with van der Waals surface area (Å²) in [5.41, 5.74) is 8.74. The summed E-state index contributed by atoms with van der Waals surface area (Å²) in [7, 11) is 1.90. The lowest BCUT2D eigenvalue weighted by atomic mass is 9.86. The van der Waals surface area contributed by atoms with Gasteiger partial charge in [0.05, 0.1) is 49.1 Å². The van der Waals surface area contributed by atoms with Gasteiger partial charge in [-0.3, -0.25) is 19.3 Å². The number of piperidine rings is 1. The van der Waals surface area contributed by atoms with Gasteiger partial charge in [-0.15, -0.1) is 5.10 Å². The molecule has 3 saturated heterocycles. The minimum atomic E-state index is -0.190.